The highest BCUT2D eigenvalue weighted by atomic mass is 32.1. The Kier molecular flexibility index (Phi) is 3.65. The van der Waals surface area contributed by atoms with Gasteiger partial charge in [0.15, 0.2) is 0 Å². The maximum atomic E-state index is 6.15. The Bertz CT molecular complexity index is 986. The molecule has 1 N–H and O–H groups in total. The van der Waals surface area contributed by atoms with Crippen LogP contribution in [-0.4, -0.2) is 23.3 Å². The van der Waals surface area contributed by atoms with E-state index in [0.717, 1.165) is 34.0 Å². The number of hydrogen-bond donors (Lipinski definition) is 1. The first-order valence-corrected chi connectivity index (χ1v) is 9.91. The van der Waals surface area contributed by atoms with Crippen molar-refractivity contribution in [1.82, 2.24) is 9.59 Å². The van der Waals surface area contributed by atoms with Crippen LogP contribution < -0.4 is 14.8 Å². The highest BCUT2D eigenvalue weighted by Gasteiger charge is 2.47. The lowest BCUT2D eigenvalue weighted by molar-refractivity contribution is 0.133. The van der Waals surface area contributed by atoms with Crippen molar-refractivity contribution in [3.05, 3.63) is 52.9 Å². The number of hydrogen-bond acceptors (Lipinski definition) is 6. The average Bonchev–Trinajstić information content (AvgIpc) is 3.22. The summed E-state index contributed by atoms with van der Waals surface area (Å²) < 4.78 is 15.8. The van der Waals surface area contributed by atoms with Gasteiger partial charge in [-0.2, -0.15) is 0 Å². The highest BCUT2D eigenvalue weighted by Crippen LogP contribution is 2.54. The number of ether oxygens (including phenoxy) is 2. The maximum absolute atomic E-state index is 6.15. The quantitative estimate of drug-likeness (QED) is 0.701. The van der Waals surface area contributed by atoms with Crippen molar-refractivity contribution in [1.29, 1.82) is 0 Å². The number of nitrogens with zero attached hydrogens (tertiary/aromatic N) is 2. The van der Waals surface area contributed by atoms with Crippen molar-refractivity contribution in [3.63, 3.8) is 0 Å². The van der Waals surface area contributed by atoms with E-state index in [1.807, 2.05) is 23.6 Å². The summed E-state index contributed by atoms with van der Waals surface area (Å²) >= 11 is 1.38. The van der Waals surface area contributed by atoms with Crippen LogP contribution in [0.1, 0.15) is 31.0 Å². The molecule has 2 unspecified atom stereocenters. The second-order valence-corrected chi connectivity index (χ2v) is 8.29. The first-order valence-electron chi connectivity index (χ1n) is 9.08. The Morgan fingerprint density at radius 3 is 2.93 bits per heavy atom. The molecule has 5 nitrogen and oxygen atoms in total. The molecule has 2 aromatic carbocycles. The average molecular weight is 379 g/mol. The van der Waals surface area contributed by atoms with E-state index in [1.165, 1.54) is 17.1 Å². The first kappa shape index (κ1) is 16.6. The minimum absolute atomic E-state index is 0.0662. The minimum atomic E-state index is -0.0662. The van der Waals surface area contributed by atoms with Crippen LogP contribution in [0.3, 0.4) is 0 Å². The van der Waals surface area contributed by atoms with E-state index >= 15 is 0 Å². The third kappa shape index (κ3) is 2.43. The molecular weight excluding hydrogens is 358 g/mol. The Labute approximate surface area is 162 Å². The predicted octanol–water partition coefficient (Wildman–Crippen LogP) is 4.67. The van der Waals surface area contributed by atoms with Gasteiger partial charge in [0, 0.05) is 28.0 Å². The van der Waals surface area contributed by atoms with E-state index in [4.69, 9.17) is 9.47 Å². The normalized spacial score (nSPS) is 21.9. The molecule has 2 aliphatic heterocycles. The number of aromatic nitrogens is 2. The molecule has 0 bridgehead atoms. The highest BCUT2D eigenvalue weighted by molar-refractivity contribution is 7.03. The van der Waals surface area contributed by atoms with Crippen molar-refractivity contribution in [2.24, 2.45) is 5.92 Å². The fraction of sp³-hybridized carbons (Fsp3) is 0.333. The van der Waals surface area contributed by atoms with Gasteiger partial charge in [-0.05, 0) is 41.4 Å². The summed E-state index contributed by atoms with van der Waals surface area (Å²) in [7, 11) is 1.72. The molecule has 0 spiro atoms. The van der Waals surface area contributed by atoms with Gasteiger partial charge in [0.2, 0.25) is 0 Å². The second kappa shape index (κ2) is 5.96. The minimum Gasteiger partial charge on any atom is -0.496 e. The molecule has 2 atom stereocenters. The van der Waals surface area contributed by atoms with Crippen LogP contribution >= 0.6 is 11.5 Å². The zero-order valence-electron chi connectivity index (χ0n) is 15.5. The van der Waals surface area contributed by atoms with Crippen LogP contribution in [-0.2, 0) is 5.41 Å². The molecule has 2 aliphatic rings. The Balaban J connectivity index is 1.64. The molecule has 5 rings (SSSR count). The summed E-state index contributed by atoms with van der Waals surface area (Å²) in [6, 6.07) is 12.7. The number of methoxy groups -OCH3 is 1. The van der Waals surface area contributed by atoms with Gasteiger partial charge in [0.1, 0.15) is 17.2 Å². The Hall–Kier alpha value is -2.60. The first-order chi connectivity index (χ1) is 13.1. The zero-order valence-corrected chi connectivity index (χ0v) is 16.3. The van der Waals surface area contributed by atoms with Crippen LogP contribution in [0.5, 0.6) is 11.5 Å². The van der Waals surface area contributed by atoms with Crippen LogP contribution in [0.4, 0.5) is 5.69 Å². The van der Waals surface area contributed by atoms with Crippen molar-refractivity contribution < 1.29 is 9.47 Å². The van der Waals surface area contributed by atoms with Crippen molar-refractivity contribution in [3.8, 4) is 22.8 Å². The number of benzene rings is 2. The maximum Gasteiger partial charge on any atom is 0.128 e. The summed E-state index contributed by atoms with van der Waals surface area (Å²) in [5.74, 6) is 2.07. The SMILES string of the molecule is COc1cccc2c1C1Nc3ccc(-c4csnn4)cc3C(C)(C)C1CO2. The molecule has 6 heteroatoms. The zero-order chi connectivity index (χ0) is 18.6. The van der Waals surface area contributed by atoms with Crippen molar-refractivity contribution in [2.75, 3.05) is 19.0 Å². The summed E-state index contributed by atoms with van der Waals surface area (Å²) in [5, 5.41) is 9.97. The van der Waals surface area contributed by atoms with Gasteiger partial charge >= 0.3 is 0 Å². The van der Waals surface area contributed by atoms with Crippen molar-refractivity contribution >= 4 is 17.2 Å². The summed E-state index contributed by atoms with van der Waals surface area (Å²) in [4.78, 5) is 0. The molecule has 27 heavy (non-hydrogen) atoms. The lowest BCUT2D eigenvalue weighted by Gasteiger charge is -2.48. The molecular formula is C21H21N3O2S. The topological polar surface area (TPSA) is 56.3 Å². The number of anilines is 1. The molecule has 0 radical (unpaired) electrons. The van der Waals surface area contributed by atoms with Crippen molar-refractivity contribution in [2.45, 2.75) is 25.3 Å². The van der Waals surface area contributed by atoms with Crippen LogP contribution in [0.15, 0.2) is 41.8 Å². The van der Waals surface area contributed by atoms with E-state index in [9.17, 15) is 0 Å². The van der Waals surface area contributed by atoms with Gasteiger partial charge in [0.05, 0.1) is 25.3 Å². The fourth-order valence-corrected chi connectivity index (χ4v) is 4.89. The third-order valence-corrected chi connectivity index (χ3v) is 6.49. The largest absolute Gasteiger partial charge is 0.496 e. The van der Waals surface area contributed by atoms with Gasteiger partial charge in [-0.3, -0.25) is 0 Å². The van der Waals surface area contributed by atoms with E-state index < -0.39 is 0 Å². The number of fused-ring (bicyclic) bond motifs is 4. The van der Waals surface area contributed by atoms with Crippen LogP contribution in [0, 0.1) is 5.92 Å². The van der Waals surface area contributed by atoms with Gasteiger partial charge in [-0.25, -0.2) is 0 Å². The lowest BCUT2D eigenvalue weighted by Crippen LogP contribution is -2.46. The molecule has 0 aliphatic carbocycles. The van der Waals surface area contributed by atoms with E-state index in [2.05, 4.69) is 47.0 Å². The molecule has 0 fully saturated rings. The number of nitrogens with one attached hydrogen (secondary N) is 1. The standard InChI is InChI=1S/C21H21N3O2S/c1-21(2)13-9-12(16-11-27-24-23-16)7-8-15(13)22-20-14(21)10-26-18-6-4-5-17(25-3)19(18)20/h4-9,11,14,20,22H,10H2,1-3H3. The van der Waals surface area contributed by atoms with Gasteiger partial charge in [-0.1, -0.05) is 30.5 Å². The molecule has 138 valence electrons. The summed E-state index contributed by atoms with van der Waals surface area (Å²) in [6.07, 6.45) is 0. The van der Waals surface area contributed by atoms with Gasteiger partial charge in [-0.15, -0.1) is 5.10 Å². The smallest absolute Gasteiger partial charge is 0.128 e. The predicted molar refractivity (Wildman–Crippen MR) is 107 cm³/mol. The third-order valence-electron chi connectivity index (χ3n) is 5.99. The van der Waals surface area contributed by atoms with Crippen LogP contribution in [0.25, 0.3) is 11.3 Å². The summed E-state index contributed by atoms with van der Waals surface area (Å²) in [6.45, 7) is 5.28. The van der Waals surface area contributed by atoms with E-state index in [0.29, 0.717) is 6.61 Å². The monoisotopic (exact) mass is 379 g/mol. The van der Waals surface area contributed by atoms with Gasteiger partial charge in [0.25, 0.3) is 0 Å². The number of rotatable bonds is 2. The summed E-state index contributed by atoms with van der Waals surface area (Å²) in [5.41, 5.74) is 5.52. The molecule has 0 saturated heterocycles. The molecule has 0 saturated carbocycles. The molecule has 3 aromatic rings. The fourth-order valence-electron chi connectivity index (χ4n) is 4.43. The lowest BCUT2D eigenvalue weighted by atomic mass is 9.65. The van der Waals surface area contributed by atoms with Gasteiger partial charge < -0.3 is 14.8 Å². The van der Waals surface area contributed by atoms with E-state index in [-0.39, 0.29) is 17.4 Å². The Morgan fingerprint density at radius 2 is 2.15 bits per heavy atom. The Morgan fingerprint density at radius 1 is 1.26 bits per heavy atom. The molecule has 1 aromatic heterocycles. The van der Waals surface area contributed by atoms with Crippen LogP contribution in [0.2, 0.25) is 0 Å². The molecule has 3 heterocycles. The van der Waals surface area contributed by atoms with E-state index in [1.54, 1.807) is 7.11 Å². The molecule has 0 amide bonds. The second-order valence-electron chi connectivity index (χ2n) is 7.68.